The number of fused-ring (bicyclic) bond motifs is 5. The highest BCUT2D eigenvalue weighted by Crippen LogP contribution is 2.59. The molecule has 0 aromatic rings. The number of amides is 3. The van der Waals surface area contributed by atoms with E-state index in [0.29, 0.717) is 19.4 Å². The fraction of sp³-hybridized carbons (Fsp3) is 0.833. The Morgan fingerprint density at radius 3 is 2.43 bits per heavy atom. The Morgan fingerprint density at radius 2 is 1.68 bits per heavy atom. The fourth-order valence-electron chi connectivity index (χ4n) is 9.34. The van der Waals surface area contributed by atoms with Gasteiger partial charge in [-0.15, -0.1) is 0 Å². The number of hydrogen-bond donors (Lipinski definition) is 3. The Bertz CT molecular complexity index is 1010. The van der Waals surface area contributed by atoms with E-state index in [1.165, 1.54) is 57.8 Å². The molecule has 8 unspecified atom stereocenters. The number of primary amides is 1. The van der Waals surface area contributed by atoms with Gasteiger partial charge in [-0.25, -0.2) is 0 Å². The highest BCUT2D eigenvalue weighted by Gasteiger charge is 2.50. The number of nitrogens with one attached hydrogen (secondary N) is 2. The molecule has 0 bridgehead atoms. The normalized spacial score (nSPS) is 30.7. The van der Waals surface area contributed by atoms with Crippen molar-refractivity contribution in [2.75, 3.05) is 13.2 Å². The molecule has 4 aliphatic rings. The molecule has 44 heavy (non-hydrogen) atoms. The molecule has 0 aliphatic heterocycles. The molecule has 0 spiro atoms. The zero-order valence-corrected chi connectivity index (χ0v) is 27.6. The molecule has 0 radical (unpaired) electrons. The monoisotopic (exact) mass is 613 g/mol. The summed E-state index contributed by atoms with van der Waals surface area (Å²) in [5.41, 5.74) is 6.73. The van der Waals surface area contributed by atoms with E-state index in [2.05, 4.69) is 37.5 Å². The topological polar surface area (TPSA) is 128 Å². The predicted molar refractivity (Wildman–Crippen MR) is 172 cm³/mol. The number of carbonyl (C=O) groups excluding carboxylic acids is 4. The molecule has 8 nitrogen and oxygen atoms in total. The van der Waals surface area contributed by atoms with Crippen molar-refractivity contribution < 1.29 is 23.9 Å². The number of ether oxygens (including phenoxy) is 1. The molecule has 0 aromatic carbocycles. The number of carbonyl (C=O) groups is 4. The third kappa shape index (κ3) is 9.64. The quantitative estimate of drug-likeness (QED) is 0.114. The largest absolute Gasteiger partial charge is 0.378 e. The average molecular weight is 614 g/mol. The smallest absolute Gasteiger partial charge is 0.221 e. The Balaban J connectivity index is 1.12. The lowest BCUT2D eigenvalue weighted by atomic mass is 9.56. The summed E-state index contributed by atoms with van der Waals surface area (Å²) in [5.74, 6) is 5.82. The molecule has 248 valence electrons. The molecular weight excluding hydrogens is 554 g/mol. The van der Waals surface area contributed by atoms with Gasteiger partial charge in [0.25, 0.3) is 0 Å². The lowest BCUT2D eigenvalue weighted by Gasteiger charge is -2.50. The van der Waals surface area contributed by atoms with Crippen molar-refractivity contribution in [1.82, 2.24) is 10.6 Å². The summed E-state index contributed by atoms with van der Waals surface area (Å²) in [6.07, 6.45) is 18.6. The van der Waals surface area contributed by atoms with Crippen LogP contribution in [0.5, 0.6) is 0 Å². The van der Waals surface area contributed by atoms with Crippen LogP contribution in [0.1, 0.15) is 117 Å². The first kappa shape index (κ1) is 34.6. The minimum atomic E-state index is -0.950. The van der Waals surface area contributed by atoms with Gasteiger partial charge in [0.2, 0.25) is 17.7 Å². The molecule has 8 heteroatoms. The van der Waals surface area contributed by atoms with Gasteiger partial charge in [0.1, 0.15) is 6.29 Å². The van der Waals surface area contributed by atoms with E-state index in [4.69, 9.17) is 10.5 Å². The second-order valence-corrected chi connectivity index (χ2v) is 14.9. The van der Waals surface area contributed by atoms with Gasteiger partial charge < -0.3 is 25.9 Å². The Morgan fingerprint density at radius 1 is 0.932 bits per heavy atom. The molecule has 0 aromatic heterocycles. The lowest BCUT2D eigenvalue weighted by Crippen LogP contribution is -2.42. The van der Waals surface area contributed by atoms with Crippen LogP contribution in [-0.4, -0.2) is 49.3 Å². The van der Waals surface area contributed by atoms with Gasteiger partial charge in [0, 0.05) is 26.0 Å². The summed E-state index contributed by atoms with van der Waals surface area (Å²) in [6.45, 7) is 8.37. The maximum Gasteiger partial charge on any atom is 0.221 e. The number of aldehydes is 1. The highest BCUT2D eigenvalue weighted by molar-refractivity contribution is 5.86. The van der Waals surface area contributed by atoms with Gasteiger partial charge in [-0.2, -0.15) is 0 Å². The van der Waals surface area contributed by atoms with Crippen LogP contribution in [0.25, 0.3) is 0 Å². The van der Waals surface area contributed by atoms with Crippen LogP contribution in [0, 0.1) is 47.3 Å². The maximum absolute atomic E-state index is 12.1. The summed E-state index contributed by atoms with van der Waals surface area (Å²) >= 11 is 0. The zero-order valence-electron chi connectivity index (χ0n) is 27.6. The van der Waals surface area contributed by atoms with Gasteiger partial charge in [0.15, 0.2) is 0 Å². The Hall–Kier alpha value is -2.22. The van der Waals surface area contributed by atoms with Crippen molar-refractivity contribution in [3.05, 3.63) is 11.6 Å². The first-order valence-electron chi connectivity index (χ1n) is 17.8. The average Bonchev–Trinajstić information content (AvgIpc) is 3.43. The molecule has 9 atom stereocenters. The molecule has 4 aliphatic carbocycles. The Kier molecular flexibility index (Phi) is 13.3. The lowest BCUT2D eigenvalue weighted by molar-refractivity contribution is -0.128. The van der Waals surface area contributed by atoms with E-state index in [1.807, 2.05) is 0 Å². The van der Waals surface area contributed by atoms with Gasteiger partial charge in [-0.05, 0) is 105 Å². The van der Waals surface area contributed by atoms with Crippen LogP contribution in [0.2, 0.25) is 0 Å². The van der Waals surface area contributed by atoms with Crippen molar-refractivity contribution in [2.45, 2.75) is 129 Å². The van der Waals surface area contributed by atoms with Gasteiger partial charge in [-0.1, -0.05) is 51.7 Å². The van der Waals surface area contributed by atoms with Gasteiger partial charge in [0.05, 0.1) is 18.6 Å². The summed E-state index contributed by atoms with van der Waals surface area (Å²) in [5, 5.41) is 5.25. The van der Waals surface area contributed by atoms with E-state index in [1.54, 1.807) is 5.57 Å². The van der Waals surface area contributed by atoms with Crippen molar-refractivity contribution in [3.63, 3.8) is 0 Å². The number of allylic oxidation sites excluding steroid dienone is 1. The predicted octanol–water partition coefficient (Wildman–Crippen LogP) is 5.48. The summed E-state index contributed by atoms with van der Waals surface area (Å²) in [4.78, 5) is 45.9. The van der Waals surface area contributed by atoms with Gasteiger partial charge >= 0.3 is 0 Å². The molecule has 4 N–H and O–H groups in total. The number of nitrogens with two attached hydrogens (primary N) is 1. The maximum atomic E-state index is 12.1. The second-order valence-electron chi connectivity index (χ2n) is 14.9. The number of rotatable bonds is 17. The molecular formula is C36H59N3O5. The summed E-state index contributed by atoms with van der Waals surface area (Å²) in [7, 11) is 0. The molecule has 3 fully saturated rings. The van der Waals surface area contributed by atoms with Crippen molar-refractivity contribution in [1.29, 1.82) is 0 Å². The number of hydrogen-bond acceptors (Lipinski definition) is 5. The molecule has 3 saturated carbocycles. The van der Waals surface area contributed by atoms with E-state index >= 15 is 0 Å². The van der Waals surface area contributed by atoms with Crippen molar-refractivity contribution in [2.24, 2.45) is 53.1 Å². The minimum absolute atomic E-state index is 0.0226. The van der Waals surface area contributed by atoms with Crippen LogP contribution >= 0.6 is 0 Å². The summed E-state index contributed by atoms with van der Waals surface area (Å²) < 4.78 is 6.27. The SMILES string of the molecule is CC(C)CCCC(C)C1CCC2C1CCC1C3CC[C@H](OCCCNC(=O)CCC(=O)NC(C=O)CC(N)=O)CC3=CCC12. The first-order chi connectivity index (χ1) is 21.2. The summed E-state index contributed by atoms with van der Waals surface area (Å²) in [6, 6.07) is -0.950. The van der Waals surface area contributed by atoms with Crippen molar-refractivity contribution in [3.8, 4) is 0 Å². The van der Waals surface area contributed by atoms with Crippen LogP contribution < -0.4 is 16.4 Å². The first-order valence-corrected chi connectivity index (χ1v) is 17.8. The standard InChI is InChI=1S/C36H59N3O5/c1-23(2)6-4-7-24(3)28-12-13-33-30(28)14-15-31-29-11-9-27(20-25(29)8-10-32(31)33)44-19-5-18-38-35(42)16-17-36(43)39-26(22-40)21-34(37)41/h8,22-24,26-33H,4-7,9-21H2,1-3H3,(H2,37,41)(H,38,42)(H,39,43)/t24?,26?,27-,28?,29?,30?,31?,32?,33?/m0/s1. The highest BCUT2D eigenvalue weighted by atomic mass is 16.5. The van der Waals surface area contributed by atoms with Crippen LogP contribution in [0.3, 0.4) is 0 Å². The van der Waals surface area contributed by atoms with E-state index in [0.717, 1.165) is 66.6 Å². The van der Waals surface area contributed by atoms with Crippen LogP contribution in [0.4, 0.5) is 0 Å². The molecule has 3 amide bonds. The fourth-order valence-corrected chi connectivity index (χ4v) is 9.34. The zero-order chi connectivity index (χ0) is 31.6. The van der Waals surface area contributed by atoms with E-state index in [-0.39, 0.29) is 31.3 Å². The van der Waals surface area contributed by atoms with E-state index in [9.17, 15) is 19.2 Å². The molecule has 0 saturated heterocycles. The van der Waals surface area contributed by atoms with Crippen LogP contribution in [0.15, 0.2) is 11.6 Å². The Labute approximate surface area is 265 Å². The third-order valence-corrected chi connectivity index (χ3v) is 11.5. The second kappa shape index (κ2) is 16.9. The third-order valence-electron chi connectivity index (χ3n) is 11.5. The minimum Gasteiger partial charge on any atom is -0.378 e. The van der Waals surface area contributed by atoms with Crippen LogP contribution in [-0.2, 0) is 23.9 Å². The van der Waals surface area contributed by atoms with E-state index < -0.39 is 17.9 Å². The molecule has 0 heterocycles. The van der Waals surface area contributed by atoms with Gasteiger partial charge in [-0.3, -0.25) is 14.4 Å². The molecule has 4 rings (SSSR count). The van der Waals surface area contributed by atoms with Crippen molar-refractivity contribution >= 4 is 24.0 Å².